The molecule has 0 N–H and O–H groups in total. The van der Waals surface area contributed by atoms with Gasteiger partial charge in [0.15, 0.2) is 9.84 Å². The molecule has 0 aliphatic heterocycles. The van der Waals surface area contributed by atoms with Crippen LogP contribution in [-0.2, 0) is 16.9 Å². The molecule has 0 aliphatic rings. The summed E-state index contributed by atoms with van der Waals surface area (Å²) in [5.41, 5.74) is 2.89. The first-order chi connectivity index (χ1) is 8.44. The fourth-order valence-corrected chi connectivity index (χ4v) is 2.76. The maximum Gasteiger partial charge on any atom is 0.178 e. The van der Waals surface area contributed by atoms with E-state index in [0.29, 0.717) is 4.90 Å². The van der Waals surface area contributed by atoms with Crippen LogP contribution in [0.15, 0.2) is 35.2 Å². The Morgan fingerprint density at radius 3 is 2.28 bits per heavy atom. The largest absolute Gasteiger partial charge is 0.268 e. The highest BCUT2D eigenvalue weighted by Crippen LogP contribution is 2.22. The highest BCUT2D eigenvalue weighted by molar-refractivity contribution is 7.91. The van der Waals surface area contributed by atoms with Gasteiger partial charge in [0, 0.05) is 7.05 Å². The average Bonchev–Trinajstić information content (AvgIpc) is 2.69. The molecule has 0 unspecified atom stereocenters. The lowest BCUT2D eigenvalue weighted by molar-refractivity contribution is 0.597. The van der Waals surface area contributed by atoms with Gasteiger partial charge in [-0.3, -0.25) is 4.68 Å². The van der Waals surface area contributed by atoms with Crippen LogP contribution in [0.4, 0.5) is 0 Å². The van der Waals surface area contributed by atoms with E-state index in [2.05, 4.69) is 5.10 Å². The molecule has 4 nitrogen and oxygen atoms in total. The summed E-state index contributed by atoms with van der Waals surface area (Å²) in [6, 6.07) is 8.91. The van der Waals surface area contributed by atoms with Crippen LogP contribution in [0.25, 0.3) is 11.3 Å². The Labute approximate surface area is 107 Å². The van der Waals surface area contributed by atoms with Crippen molar-refractivity contribution in [3.8, 4) is 11.3 Å². The molecule has 0 fully saturated rings. The highest BCUT2D eigenvalue weighted by Gasteiger charge is 2.12. The molecule has 0 aliphatic carbocycles. The van der Waals surface area contributed by atoms with Crippen molar-refractivity contribution < 1.29 is 8.42 Å². The Balaban J connectivity index is 2.42. The van der Waals surface area contributed by atoms with E-state index in [1.54, 1.807) is 23.7 Å². The average molecular weight is 264 g/mol. The second kappa shape index (κ2) is 4.57. The molecule has 1 heterocycles. The van der Waals surface area contributed by atoms with Gasteiger partial charge in [-0.15, -0.1) is 0 Å². The SMILES string of the molecule is CCS(=O)(=O)c1ccc(-c2cc(C)nn2C)cc1. The maximum absolute atomic E-state index is 11.7. The lowest BCUT2D eigenvalue weighted by atomic mass is 10.1. The Bertz CT molecular complexity index is 655. The Kier molecular flexibility index (Phi) is 3.26. The molecular formula is C13H16N2O2S. The van der Waals surface area contributed by atoms with Crippen molar-refractivity contribution in [2.45, 2.75) is 18.7 Å². The first-order valence-corrected chi connectivity index (χ1v) is 7.43. The molecule has 0 spiro atoms. The van der Waals surface area contributed by atoms with Crippen LogP contribution >= 0.6 is 0 Å². The minimum Gasteiger partial charge on any atom is -0.268 e. The summed E-state index contributed by atoms with van der Waals surface area (Å²) in [5, 5.41) is 4.27. The molecule has 96 valence electrons. The van der Waals surface area contributed by atoms with Crippen LogP contribution in [0.3, 0.4) is 0 Å². The van der Waals surface area contributed by atoms with Crippen LogP contribution in [0.2, 0.25) is 0 Å². The van der Waals surface area contributed by atoms with E-state index in [0.717, 1.165) is 17.0 Å². The molecular weight excluding hydrogens is 248 g/mol. The van der Waals surface area contributed by atoms with E-state index in [1.165, 1.54) is 0 Å². The topological polar surface area (TPSA) is 52.0 Å². The number of aryl methyl sites for hydroxylation is 2. The van der Waals surface area contributed by atoms with Crippen molar-refractivity contribution in [1.82, 2.24) is 9.78 Å². The van der Waals surface area contributed by atoms with Crippen molar-refractivity contribution in [2.75, 3.05) is 5.75 Å². The van der Waals surface area contributed by atoms with Crippen LogP contribution in [0.1, 0.15) is 12.6 Å². The summed E-state index contributed by atoms with van der Waals surface area (Å²) in [5.74, 6) is 0.122. The van der Waals surface area contributed by atoms with Crippen molar-refractivity contribution in [3.05, 3.63) is 36.0 Å². The Morgan fingerprint density at radius 1 is 1.22 bits per heavy atom. The maximum atomic E-state index is 11.7. The first kappa shape index (κ1) is 12.8. The van der Waals surface area contributed by atoms with Crippen molar-refractivity contribution in [1.29, 1.82) is 0 Å². The van der Waals surface area contributed by atoms with E-state index in [4.69, 9.17) is 0 Å². The second-order valence-corrected chi connectivity index (χ2v) is 6.50. The third-order valence-corrected chi connectivity index (χ3v) is 4.64. The molecule has 0 bridgehead atoms. The van der Waals surface area contributed by atoms with Gasteiger partial charge in [0.1, 0.15) is 0 Å². The summed E-state index contributed by atoms with van der Waals surface area (Å²) in [7, 11) is -1.25. The quantitative estimate of drug-likeness (QED) is 0.854. The standard InChI is InChI=1S/C13H16N2O2S/c1-4-18(16,17)12-7-5-11(6-8-12)13-9-10(2)14-15(13)3/h5-9H,4H2,1-3H3. The first-order valence-electron chi connectivity index (χ1n) is 5.78. The van der Waals surface area contributed by atoms with Crippen LogP contribution in [-0.4, -0.2) is 24.0 Å². The van der Waals surface area contributed by atoms with E-state index < -0.39 is 9.84 Å². The fourth-order valence-electron chi connectivity index (χ4n) is 1.88. The lowest BCUT2D eigenvalue weighted by Gasteiger charge is -2.04. The molecule has 5 heteroatoms. The van der Waals surface area contributed by atoms with Gasteiger partial charge < -0.3 is 0 Å². The van der Waals surface area contributed by atoms with Crippen LogP contribution in [0.5, 0.6) is 0 Å². The number of benzene rings is 1. The monoisotopic (exact) mass is 264 g/mol. The van der Waals surface area contributed by atoms with E-state index in [-0.39, 0.29) is 5.75 Å². The van der Waals surface area contributed by atoms with Gasteiger partial charge in [-0.1, -0.05) is 19.1 Å². The van der Waals surface area contributed by atoms with E-state index in [9.17, 15) is 8.42 Å². The summed E-state index contributed by atoms with van der Waals surface area (Å²) in [6.45, 7) is 3.58. The van der Waals surface area contributed by atoms with Crippen molar-refractivity contribution >= 4 is 9.84 Å². The van der Waals surface area contributed by atoms with Crippen LogP contribution < -0.4 is 0 Å². The highest BCUT2D eigenvalue weighted by atomic mass is 32.2. The molecule has 0 atom stereocenters. The van der Waals surface area contributed by atoms with E-state index in [1.807, 2.05) is 32.2 Å². The smallest absolute Gasteiger partial charge is 0.178 e. The molecule has 0 amide bonds. The van der Waals surface area contributed by atoms with E-state index >= 15 is 0 Å². The van der Waals surface area contributed by atoms with Gasteiger partial charge >= 0.3 is 0 Å². The summed E-state index contributed by atoms with van der Waals surface area (Å²) in [6.07, 6.45) is 0. The Hall–Kier alpha value is -1.62. The zero-order valence-electron chi connectivity index (χ0n) is 10.7. The minimum absolute atomic E-state index is 0.122. The number of hydrogen-bond acceptors (Lipinski definition) is 3. The molecule has 0 saturated carbocycles. The predicted molar refractivity (Wildman–Crippen MR) is 71.1 cm³/mol. The third-order valence-electron chi connectivity index (χ3n) is 2.89. The van der Waals surface area contributed by atoms with Crippen molar-refractivity contribution in [3.63, 3.8) is 0 Å². The predicted octanol–water partition coefficient (Wildman–Crippen LogP) is 2.19. The molecule has 0 radical (unpaired) electrons. The van der Waals surface area contributed by atoms with Gasteiger partial charge in [0.2, 0.25) is 0 Å². The lowest BCUT2D eigenvalue weighted by Crippen LogP contribution is -2.03. The molecule has 2 rings (SSSR count). The van der Waals surface area contributed by atoms with Crippen molar-refractivity contribution in [2.24, 2.45) is 7.05 Å². The zero-order chi connectivity index (χ0) is 13.3. The second-order valence-electron chi connectivity index (χ2n) is 4.22. The van der Waals surface area contributed by atoms with Gasteiger partial charge in [-0.05, 0) is 30.7 Å². The molecule has 2 aromatic rings. The van der Waals surface area contributed by atoms with Gasteiger partial charge in [-0.25, -0.2) is 8.42 Å². The number of hydrogen-bond donors (Lipinski definition) is 0. The zero-order valence-corrected chi connectivity index (χ0v) is 11.5. The summed E-state index contributed by atoms with van der Waals surface area (Å²) < 4.78 is 25.2. The van der Waals surface area contributed by atoms with Gasteiger partial charge in [-0.2, -0.15) is 5.10 Å². The van der Waals surface area contributed by atoms with Crippen LogP contribution in [0, 0.1) is 6.92 Å². The third kappa shape index (κ3) is 2.31. The molecule has 0 saturated heterocycles. The number of rotatable bonds is 3. The Morgan fingerprint density at radius 2 is 1.83 bits per heavy atom. The number of aromatic nitrogens is 2. The normalized spacial score (nSPS) is 11.7. The molecule has 1 aromatic carbocycles. The molecule has 18 heavy (non-hydrogen) atoms. The summed E-state index contributed by atoms with van der Waals surface area (Å²) in [4.78, 5) is 0.368. The van der Waals surface area contributed by atoms with Gasteiger partial charge in [0.05, 0.1) is 22.0 Å². The summed E-state index contributed by atoms with van der Waals surface area (Å²) >= 11 is 0. The fraction of sp³-hybridized carbons (Fsp3) is 0.308. The number of sulfone groups is 1. The van der Waals surface area contributed by atoms with Gasteiger partial charge in [0.25, 0.3) is 0 Å². The molecule has 1 aromatic heterocycles. The minimum atomic E-state index is -3.12. The number of nitrogens with zero attached hydrogens (tertiary/aromatic N) is 2.